The Balaban J connectivity index is 1.79. The summed E-state index contributed by atoms with van der Waals surface area (Å²) in [5, 5.41) is 2.12. The first-order valence-electron chi connectivity index (χ1n) is 9.40. The molecule has 164 valence electrons. The van der Waals surface area contributed by atoms with E-state index in [2.05, 4.69) is 10.3 Å². The zero-order valence-corrected chi connectivity index (χ0v) is 17.6. The lowest BCUT2D eigenvalue weighted by Gasteiger charge is -2.28. The molecule has 3 rings (SSSR count). The van der Waals surface area contributed by atoms with Gasteiger partial charge in [-0.15, -0.1) is 0 Å². The van der Waals surface area contributed by atoms with Gasteiger partial charge in [-0.2, -0.15) is 13.2 Å². The van der Waals surface area contributed by atoms with Crippen LogP contribution in [0.3, 0.4) is 0 Å². The lowest BCUT2D eigenvalue weighted by molar-refractivity contribution is -0.137. The molecule has 1 aliphatic heterocycles. The van der Waals surface area contributed by atoms with E-state index < -0.39 is 22.9 Å². The number of amidine groups is 1. The number of rotatable bonds is 5. The van der Waals surface area contributed by atoms with E-state index in [1.54, 1.807) is 24.3 Å². The topological polar surface area (TPSA) is 71.0 Å². The summed E-state index contributed by atoms with van der Waals surface area (Å²) in [6.45, 7) is 2.32. The van der Waals surface area contributed by atoms with Gasteiger partial charge in [-0.25, -0.2) is 4.99 Å². The van der Waals surface area contributed by atoms with Crippen molar-refractivity contribution in [1.29, 1.82) is 0 Å². The fourth-order valence-corrected chi connectivity index (χ4v) is 3.88. The number of ether oxygens (including phenoxy) is 1. The third-order valence-electron chi connectivity index (χ3n) is 4.37. The van der Waals surface area contributed by atoms with Crippen LogP contribution in [0.2, 0.25) is 0 Å². The predicted molar refractivity (Wildman–Crippen MR) is 114 cm³/mol. The normalized spacial score (nSPS) is 18.2. The number of alkyl halides is 3. The molecule has 2 amide bonds. The summed E-state index contributed by atoms with van der Waals surface area (Å²) in [6, 6.07) is 11.3. The molecule has 0 spiro atoms. The van der Waals surface area contributed by atoms with Gasteiger partial charge in [0.25, 0.3) is 0 Å². The molecule has 1 heterocycles. The number of thioether (sulfide) groups is 1. The number of halogens is 3. The number of nitrogens with one attached hydrogen (secondary N) is 1. The number of nitrogens with zero attached hydrogens (tertiary/aromatic N) is 2. The monoisotopic (exact) mass is 451 g/mol. The average Bonchev–Trinajstić information content (AvgIpc) is 2.71. The number of anilines is 1. The molecule has 1 saturated heterocycles. The predicted octanol–water partition coefficient (Wildman–Crippen LogP) is 4.69. The van der Waals surface area contributed by atoms with Gasteiger partial charge in [0.1, 0.15) is 11.0 Å². The molecule has 1 unspecified atom stereocenters. The van der Waals surface area contributed by atoms with Crippen LogP contribution in [0.5, 0.6) is 5.75 Å². The molecule has 1 N–H and O–H groups in total. The van der Waals surface area contributed by atoms with E-state index in [0.717, 1.165) is 23.9 Å². The zero-order chi connectivity index (χ0) is 22.6. The third kappa shape index (κ3) is 5.78. The van der Waals surface area contributed by atoms with Crippen LogP contribution in [0.4, 0.5) is 24.5 Å². The van der Waals surface area contributed by atoms with Gasteiger partial charge in [-0.05, 0) is 37.3 Å². The van der Waals surface area contributed by atoms with Gasteiger partial charge >= 0.3 is 6.18 Å². The van der Waals surface area contributed by atoms with Crippen LogP contribution in [0.25, 0.3) is 0 Å². The van der Waals surface area contributed by atoms with Crippen molar-refractivity contribution in [3.8, 4) is 5.75 Å². The molecule has 1 aliphatic rings. The minimum Gasteiger partial charge on any atom is -0.494 e. The van der Waals surface area contributed by atoms with Crippen LogP contribution in [0, 0.1) is 0 Å². The van der Waals surface area contributed by atoms with Crippen molar-refractivity contribution in [1.82, 2.24) is 4.90 Å². The lowest BCUT2D eigenvalue weighted by atomic mass is 10.2. The first kappa shape index (κ1) is 22.7. The van der Waals surface area contributed by atoms with Crippen LogP contribution < -0.4 is 10.1 Å². The molecule has 10 heteroatoms. The van der Waals surface area contributed by atoms with Crippen LogP contribution in [-0.4, -0.2) is 40.8 Å². The molecular formula is C21H20F3N3O3S. The highest BCUT2D eigenvalue weighted by Crippen LogP contribution is 2.33. The van der Waals surface area contributed by atoms with Gasteiger partial charge in [0, 0.05) is 25.2 Å². The van der Waals surface area contributed by atoms with E-state index in [1.807, 2.05) is 6.92 Å². The van der Waals surface area contributed by atoms with Gasteiger partial charge in [-0.3, -0.25) is 14.5 Å². The molecular weight excluding hydrogens is 431 g/mol. The fourth-order valence-electron chi connectivity index (χ4n) is 2.81. The molecule has 6 nitrogen and oxygen atoms in total. The van der Waals surface area contributed by atoms with Crippen LogP contribution >= 0.6 is 11.8 Å². The highest BCUT2D eigenvalue weighted by atomic mass is 32.2. The SMILES string of the molecule is CCOc1cccc(NC(=O)C2CC(=O)N(C)C(=Nc3cccc(C(F)(F)F)c3)S2)c1. The number of aliphatic imine (C=N–C) groups is 1. The number of carbonyl (C=O) groups is 2. The van der Waals surface area contributed by atoms with E-state index in [9.17, 15) is 22.8 Å². The second-order valence-electron chi connectivity index (χ2n) is 6.66. The summed E-state index contributed by atoms with van der Waals surface area (Å²) >= 11 is 1.02. The van der Waals surface area contributed by atoms with Crippen molar-refractivity contribution in [2.75, 3.05) is 19.0 Å². The van der Waals surface area contributed by atoms with E-state index in [0.29, 0.717) is 18.0 Å². The van der Waals surface area contributed by atoms with Crippen molar-refractivity contribution >= 4 is 40.1 Å². The van der Waals surface area contributed by atoms with Crippen molar-refractivity contribution < 1.29 is 27.5 Å². The molecule has 1 fully saturated rings. The van der Waals surface area contributed by atoms with Crippen LogP contribution in [-0.2, 0) is 15.8 Å². The van der Waals surface area contributed by atoms with Gasteiger partial charge < -0.3 is 10.1 Å². The quantitative estimate of drug-likeness (QED) is 0.716. The Labute approximate surface area is 181 Å². The van der Waals surface area contributed by atoms with E-state index in [1.165, 1.54) is 24.1 Å². The molecule has 31 heavy (non-hydrogen) atoms. The Morgan fingerprint density at radius 1 is 1.26 bits per heavy atom. The molecule has 0 aromatic heterocycles. The summed E-state index contributed by atoms with van der Waals surface area (Å²) in [7, 11) is 1.47. The van der Waals surface area contributed by atoms with E-state index in [-0.39, 0.29) is 23.2 Å². The van der Waals surface area contributed by atoms with Crippen LogP contribution in [0.1, 0.15) is 18.9 Å². The van der Waals surface area contributed by atoms with Crippen molar-refractivity contribution in [2.24, 2.45) is 4.99 Å². The fraction of sp³-hybridized carbons (Fsp3) is 0.286. The third-order valence-corrected chi connectivity index (χ3v) is 5.61. The molecule has 2 aromatic carbocycles. The number of carbonyl (C=O) groups excluding carboxylic acids is 2. The zero-order valence-electron chi connectivity index (χ0n) is 16.8. The first-order valence-corrected chi connectivity index (χ1v) is 10.3. The largest absolute Gasteiger partial charge is 0.494 e. The minimum atomic E-state index is -4.50. The van der Waals surface area contributed by atoms with Gasteiger partial charge in [-0.1, -0.05) is 23.9 Å². The molecule has 0 aliphatic carbocycles. The second kappa shape index (κ2) is 9.42. The Bertz CT molecular complexity index is 1010. The molecule has 1 atom stereocenters. The van der Waals surface area contributed by atoms with E-state index in [4.69, 9.17) is 4.74 Å². The van der Waals surface area contributed by atoms with Gasteiger partial charge in [0.05, 0.1) is 17.9 Å². The maximum absolute atomic E-state index is 13.0. The van der Waals surface area contributed by atoms with Crippen molar-refractivity contribution in [3.63, 3.8) is 0 Å². The average molecular weight is 451 g/mol. The number of hydrogen-bond acceptors (Lipinski definition) is 5. The Hall–Kier alpha value is -3.01. The second-order valence-corrected chi connectivity index (χ2v) is 7.83. The van der Waals surface area contributed by atoms with Crippen molar-refractivity contribution in [2.45, 2.75) is 24.8 Å². The Morgan fingerprint density at radius 3 is 2.71 bits per heavy atom. The molecule has 0 saturated carbocycles. The standard InChI is InChI=1S/C21H20F3N3O3S/c1-3-30-16-9-5-8-15(11-16)25-19(29)17-12-18(28)27(2)20(31-17)26-14-7-4-6-13(10-14)21(22,23)24/h4-11,17H,3,12H2,1-2H3,(H,25,29). The van der Waals surface area contributed by atoms with Crippen LogP contribution in [0.15, 0.2) is 53.5 Å². The van der Waals surface area contributed by atoms with Gasteiger partial charge in [0.15, 0.2) is 5.17 Å². The summed E-state index contributed by atoms with van der Waals surface area (Å²) in [6.07, 6.45) is -4.56. The van der Waals surface area contributed by atoms with Crippen molar-refractivity contribution in [3.05, 3.63) is 54.1 Å². The molecule has 0 radical (unpaired) electrons. The number of amides is 2. The maximum atomic E-state index is 13.0. The number of hydrogen-bond donors (Lipinski definition) is 1. The maximum Gasteiger partial charge on any atom is 0.416 e. The first-order chi connectivity index (χ1) is 14.7. The lowest BCUT2D eigenvalue weighted by Crippen LogP contribution is -2.43. The highest BCUT2D eigenvalue weighted by Gasteiger charge is 2.34. The Kier molecular flexibility index (Phi) is 6.89. The summed E-state index contributed by atoms with van der Waals surface area (Å²) < 4.78 is 44.3. The smallest absolute Gasteiger partial charge is 0.416 e. The number of benzene rings is 2. The van der Waals surface area contributed by atoms with Gasteiger partial charge in [0.2, 0.25) is 11.8 Å². The molecule has 0 bridgehead atoms. The highest BCUT2D eigenvalue weighted by molar-refractivity contribution is 8.15. The molecule has 2 aromatic rings. The summed E-state index contributed by atoms with van der Waals surface area (Å²) in [5.74, 6) is -0.163. The summed E-state index contributed by atoms with van der Waals surface area (Å²) in [5.41, 5.74) is -0.283. The minimum absolute atomic E-state index is 0.0439. The Morgan fingerprint density at radius 2 is 2.00 bits per heavy atom. The summed E-state index contributed by atoms with van der Waals surface area (Å²) in [4.78, 5) is 30.5. The van der Waals surface area contributed by atoms with E-state index >= 15 is 0 Å².